The molecule has 2 atom stereocenters. The first kappa shape index (κ1) is 21.1. The normalized spacial score (nSPS) is 26.0. The quantitative estimate of drug-likeness (QED) is 0.441. The minimum Gasteiger partial charge on any atom is -0.466 e. The minimum atomic E-state index is -1.13. The zero-order valence-electron chi connectivity index (χ0n) is 16.1. The molecule has 5 heteroatoms. The highest BCUT2D eigenvalue weighted by Crippen LogP contribution is 2.38. The number of Topliss-reactive ketones (excluding diaryl/α,β-unsaturated/α-hetero) is 1. The molecular weight excluding hydrogens is 332 g/mol. The van der Waals surface area contributed by atoms with Gasteiger partial charge in [0.25, 0.3) is 0 Å². The molecule has 0 spiro atoms. The number of hydrogen-bond acceptors (Lipinski definition) is 5. The molecule has 2 aliphatic rings. The number of allylic oxidation sites excluding steroid dienone is 1. The fourth-order valence-corrected chi connectivity index (χ4v) is 3.86. The van der Waals surface area contributed by atoms with E-state index in [1.165, 1.54) is 0 Å². The number of ether oxygens (including phenoxy) is 2. The first-order valence-corrected chi connectivity index (χ1v) is 10.3. The molecule has 0 aromatic heterocycles. The van der Waals surface area contributed by atoms with Gasteiger partial charge < -0.3 is 14.6 Å². The number of carbonyl (C=O) groups is 2. The SMILES string of the molecule is CCOC(=O)CCCCCCCCC1=CC(C2(O)CCCCO2)CC1=O. The van der Waals surface area contributed by atoms with Crippen LogP contribution < -0.4 is 0 Å². The van der Waals surface area contributed by atoms with Crippen LogP contribution in [0, 0.1) is 5.92 Å². The molecule has 1 fully saturated rings. The third-order valence-electron chi connectivity index (χ3n) is 5.41. The fraction of sp³-hybridized carbons (Fsp3) is 0.810. The molecule has 1 aliphatic heterocycles. The Morgan fingerprint density at radius 2 is 1.96 bits per heavy atom. The van der Waals surface area contributed by atoms with Gasteiger partial charge in [0.1, 0.15) is 0 Å². The van der Waals surface area contributed by atoms with Gasteiger partial charge in [0.15, 0.2) is 11.6 Å². The van der Waals surface area contributed by atoms with Crippen LogP contribution in [0.4, 0.5) is 0 Å². The zero-order valence-corrected chi connectivity index (χ0v) is 16.1. The molecule has 1 aliphatic carbocycles. The maximum absolute atomic E-state index is 12.2. The Balaban J connectivity index is 1.58. The molecule has 0 saturated carbocycles. The van der Waals surface area contributed by atoms with Gasteiger partial charge in [-0.15, -0.1) is 0 Å². The molecule has 2 rings (SSSR count). The van der Waals surface area contributed by atoms with Crippen LogP contribution in [0.1, 0.15) is 84.0 Å². The molecule has 0 radical (unpaired) electrons. The molecule has 1 heterocycles. The molecule has 148 valence electrons. The second-order valence-corrected chi connectivity index (χ2v) is 7.50. The van der Waals surface area contributed by atoms with Gasteiger partial charge in [-0.25, -0.2) is 0 Å². The van der Waals surface area contributed by atoms with Crippen molar-refractivity contribution in [2.45, 2.75) is 89.8 Å². The molecular formula is C21H34O5. The number of carbonyl (C=O) groups excluding carboxylic acids is 2. The molecule has 0 amide bonds. The van der Waals surface area contributed by atoms with Gasteiger partial charge in [-0.1, -0.05) is 31.8 Å². The third-order valence-corrected chi connectivity index (χ3v) is 5.41. The maximum atomic E-state index is 12.2. The summed E-state index contributed by atoms with van der Waals surface area (Å²) in [5, 5.41) is 10.6. The number of hydrogen-bond donors (Lipinski definition) is 1. The van der Waals surface area contributed by atoms with Crippen molar-refractivity contribution in [3.8, 4) is 0 Å². The van der Waals surface area contributed by atoms with Gasteiger partial charge in [0, 0.05) is 25.2 Å². The summed E-state index contributed by atoms with van der Waals surface area (Å²) in [5.41, 5.74) is 0.875. The summed E-state index contributed by atoms with van der Waals surface area (Å²) in [6, 6.07) is 0. The molecule has 0 bridgehead atoms. The average molecular weight is 366 g/mol. The van der Waals surface area contributed by atoms with E-state index < -0.39 is 5.79 Å². The number of unbranched alkanes of at least 4 members (excludes halogenated alkanes) is 5. The molecule has 1 N–H and O–H groups in total. The van der Waals surface area contributed by atoms with Crippen LogP contribution >= 0.6 is 0 Å². The predicted octanol–water partition coefficient (Wildman–Crippen LogP) is 4.07. The lowest BCUT2D eigenvalue weighted by molar-refractivity contribution is -0.246. The smallest absolute Gasteiger partial charge is 0.305 e. The largest absolute Gasteiger partial charge is 0.466 e. The Morgan fingerprint density at radius 3 is 2.65 bits per heavy atom. The van der Waals surface area contributed by atoms with Crippen molar-refractivity contribution in [2.24, 2.45) is 5.92 Å². The standard InChI is InChI=1S/C21H34O5/c1-2-25-20(23)12-8-6-4-3-5-7-11-17-15-18(16-19(17)22)21(24)13-9-10-14-26-21/h15,18,24H,2-14,16H2,1H3. The summed E-state index contributed by atoms with van der Waals surface area (Å²) in [6.45, 7) is 2.87. The molecule has 1 saturated heterocycles. The van der Waals surface area contributed by atoms with Gasteiger partial charge >= 0.3 is 5.97 Å². The summed E-state index contributed by atoms with van der Waals surface area (Å²) < 4.78 is 10.5. The summed E-state index contributed by atoms with van der Waals surface area (Å²) in [4.78, 5) is 23.4. The molecule has 0 aromatic carbocycles. The molecule has 0 aromatic rings. The van der Waals surface area contributed by atoms with Gasteiger partial charge in [-0.05, 0) is 44.6 Å². The van der Waals surface area contributed by atoms with Crippen molar-refractivity contribution in [1.29, 1.82) is 0 Å². The number of esters is 1. The molecule has 5 nitrogen and oxygen atoms in total. The Hall–Kier alpha value is -1.20. The average Bonchev–Trinajstić information content (AvgIpc) is 3.00. The zero-order chi connectivity index (χ0) is 18.8. The van der Waals surface area contributed by atoms with Crippen LogP contribution in [0.25, 0.3) is 0 Å². The minimum absolute atomic E-state index is 0.0997. The van der Waals surface area contributed by atoms with Crippen molar-refractivity contribution in [3.05, 3.63) is 11.6 Å². The predicted molar refractivity (Wildman–Crippen MR) is 99.5 cm³/mol. The van der Waals surface area contributed by atoms with E-state index in [1.54, 1.807) is 0 Å². The lowest BCUT2D eigenvalue weighted by atomic mass is 9.91. The van der Waals surface area contributed by atoms with E-state index in [0.717, 1.165) is 63.4 Å². The van der Waals surface area contributed by atoms with Gasteiger partial charge in [-0.3, -0.25) is 9.59 Å². The van der Waals surface area contributed by atoms with E-state index in [0.29, 0.717) is 32.5 Å². The third kappa shape index (κ3) is 6.51. The van der Waals surface area contributed by atoms with Crippen LogP contribution in [0.5, 0.6) is 0 Å². The Bertz CT molecular complexity index is 491. The van der Waals surface area contributed by atoms with Crippen LogP contribution in [0.2, 0.25) is 0 Å². The highest BCUT2D eigenvalue weighted by atomic mass is 16.6. The van der Waals surface area contributed by atoms with E-state index in [9.17, 15) is 14.7 Å². The van der Waals surface area contributed by atoms with E-state index in [2.05, 4.69) is 0 Å². The van der Waals surface area contributed by atoms with Crippen LogP contribution in [0.3, 0.4) is 0 Å². The lowest BCUT2D eigenvalue weighted by Crippen LogP contribution is -2.42. The number of aliphatic hydroxyl groups is 1. The second-order valence-electron chi connectivity index (χ2n) is 7.50. The van der Waals surface area contributed by atoms with Crippen molar-refractivity contribution in [2.75, 3.05) is 13.2 Å². The van der Waals surface area contributed by atoms with Crippen molar-refractivity contribution in [1.82, 2.24) is 0 Å². The summed E-state index contributed by atoms with van der Waals surface area (Å²) >= 11 is 0. The fourth-order valence-electron chi connectivity index (χ4n) is 3.86. The molecule has 26 heavy (non-hydrogen) atoms. The topological polar surface area (TPSA) is 72.8 Å². The summed E-state index contributed by atoms with van der Waals surface area (Å²) in [6.07, 6.45) is 12.5. The van der Waals surface area contributed by atoms with E-state index in [-0.39, 0.29) is 17.7 Å². The Labute approximate surface area is 157 Å². The number of rotatable bonds is 11. The summed E-state index contributed by atoms with van der Waals surface area (Å²) in [5.74, 6) is -1.23. The highest BCUT2D eigenvalue weighted by Gasteiger charge is 2.42. The second kappa shape index (κ2) is 10.8. The van der Waals surface area contributed by atoms with Crippen molar-refractivity contribution < 1.29 is 24.2 Å². The van der Waals surface area contributed by atoms with Crippen molar-refractivity contribution in [3.63, 3.8) is 0 Å². The van der Waals surface area contributed by atoms with Crippen LogP contribution in [-0.2, 0) is 19.1 Å². The monoisotopic (exact) mass is 366 g/mol. The number of ketones is 1. The lowest BCUT2D eigenvalue weighted by Gasteiger charge is -2.36. The van der Waals surface area contributed by atoms with E-state index >= 15 is 0 Å². The van der Waals surface area contributed by atoms with E-state index in [4.69, 9.17) is 9.47 Å². The highest BCUT2D eigenvalue weighted by molar-refractivity contribution is 5.98. The first-order valence-electron chi connectivity index (χ1n) is 10.3. The van der Waals surface area contributed by atoms with Crippen LogP contribution in [-0.4, -0.2) is 35.9 Å². The molecule has 2 unspecified atom stereocenters. The first-order chi connectivity index (χ1) is 12.5. The van der Waals surface area contributed by atoms with Gasteiger partial charge in [0.05, 0.1) is 13.2 Å². The van der Waals surface area contributed by atoms with Crippen molar-refractivity contribution >= 4 is 11.8 Å². The Kier molecular flexibility index (Phi) is 8.79. The van der Waals surface area contributed by atoms with Crippen LogP contribution in [0.15, 0.2) is 11.6 Å². The van der Waals surface area contributed by atoms with Gasteiger partial charge in [-0.2, -0.15) is 0 Å². The van der Waals surface area contributed by atoms with E-state index in [1.807, 2.05) is 13.0 Å². The van der Waals surface area contributed by atoms with Gasteiger partial charge in [0.2, 0.25) is 0 Å². The Morgan fingerprint density at radius 1 is 1.23 bits per heavy atom. The summed E-state index contributed by atoms with van der Waals surface area (Å²) in [7, 11) is 0. The maximum Gasteiger partial charge on any atom is 0.305 e.